The lowest BCUT2D eigenvalue weighted by Crippen LogP contribution is -2.40. The maximum Gasteiger partial charge on any atom is 0.234 e. The minimum Gasteiger partial charge on any atom is -0.497 e. The molecule has 1 atom stereocenters. The second-order valence-electron chi connectivity index (χ2n) is 7.70. The SMILES string of the molecule is COc1ccc(CNC(=O)CN2CCCC(O)(COc3ccccc3F)CC2)cc1. The summed E-state index contributed by atoms with van der Waals surface area (Å²) in [5.41, 5.74) is -0.0314. The first-order chi connectivity index (χ1) is 14.5. The second-order valence-corrected chi connectivity index (χ2v) is 7.70. The van der Waals surface area contributed by atoms with Crippen molar-refractivity contribution in [2.24, 2.45) is 0 Å². The Labute approximate surface area is 176 Å². The van der Waals surface area contributed by atoms with Crippen molar-refractivity contribution in [1.82, 2.24) is 10.2 Å². The van der Waals surface area contributed by atoms with Gasteiger partial charge < -0.3 is 19.9 Å². The van der Waals surface area contributed by atoms with Gasteiger partial charge in [0.1, 0.15) is 12.4 Å². The summed E-state index contributed by atoms with van der Waals surface area (Å²) in [5.74, 6) is 0.426. The van der Waals surface area contributed by atoms with E-state index in [0.717, 1.165) is 24.3 Å². The van der Waals surface area contributed by atoms with Gasteiger partial charge in [-0.2, -0.15) is 0 Å². The Morgan fingerprint density at radius 2 is 1.93 bits per heavy atom. The smallest absolute Gasteiger partial charge is 0.234 e. The van der Waals surface area contributed by atoms with E-state index in [0.29, 0.717) is 25.9 Å². The van der Waals surface area contributed by atoms with E-state index >= 15 is 0 Å². The standard InChI is InChI=1S/C23H29FN2O4/c1-29-19-9-7-18(8-10-19)15-25-22(27)16-26-13-4-11-23(28,12-14-26)17-30-21-6-3-2-5-20(21)24/h2-3,5-10,28H,4,11-17H2,1H3,(H,25,27). The number of hydrogen-bond donors (Lipinski definition) is 2. The average molecular weight is 416 g/mol. The maximum atomic E-state index is 13.7. The van der Waals surface area contributed by atoms with Gasteiger partial charge in [-0.1, -0.05) is 24.3 Å². The van der Waals surface area contributed by atoms with Gasteiger partial charge in [0.25, 0.3) is 0 Å². The number of likely N-dealkylation sites (tertiary alicyclic amines) is 1. The van der Waals surface area contributed by atoms with Crippen molar-refractivity contribution in [3.05, 3.63) is 59.9 Å². The number of benzene rings is 2. The molecule has 0 radical (unpaired) electrons. The summed E-state index contributed by atoms with van der Waals surface area (Å²) in [7, 11) is 1.62. The third kappa shape index (κ3) is 6.43. The van der Waals surface area contributed by atoms with Gasteiger partial charge in [0.05, 0.1) is 19.3 Å². The number of amides is 1. The highest BCUT2D eigenvalue weighted by molar-refractivity contribution is 5.78. The summed E-state index contributed by atoms with van der Waals surface area (Å²) >= 11 is 0. The van der Waals surface area contributed by atoms with Gasteiger partial charge in [0.2, 0.25) is 5.91 Å². The number of carbonyl (C=O) groups is 1. The van der Waals surface area contributed by atoms with E-state index in [4.69, 9.17) is 9.47 Å². The molecule has 1 heterocycles. The zero-order chi connectivity index (χ0) is 21.4. The molecule has 1 unspecified atom stereocenters. The molecule has 2 aromatic rings. The van der Waals surface area contributed by atoms with Crippen molar-refractivity contribution in [2.75, 3.05) is 33.4 Å². The van der Waals surface area contributed by atoms with Crippen molar-refractivity contribution in [1.29, 1.82) is 0 Å². The number of nitrogens with zero attached hydrogens (tertiary/aromatic N) is 1. The quantitative estimate of drug-likeness (QED) is 0.693. The highest BCUT2D eigenvalue weighted by Gasteiger charge is 2.31. The van der Waals surface area contributed by atoms with Crippen molar-refractivity contribution >= 4 is 5.91 Å². The number of para-hydroxylation sites is 1. The van der Waals surface area contributed by atoms with Gasteiger partial charge in [-0.05, 0) is 55.6 Å². The van der Waals surface area contributed by atoms with Crippen molar-refractivity contribution in [3.8, 4) is 11.5 Å². The molecule has 0 saturated carbocycles. The molecule has 0 bridgehead atoms. The monoisotopic (exact) mass is 416 g/mol. The van der Waals surface area contributed by atoms with Gasteiger partial charge in [-0.25, -0.2) is 4.39 Å². The first-order valence-electron chi connectivity index (χ1n) is 10.2. The fraction of sp³-hybridized carbons (Fsp3) is 0.435. The minimum atomic E-state index is -1.03. The molecular formula is C23H29FN2O4. The first-order valence-corrected chi connectivity index (χ1v) is 10.2. The van der Waals surface area contributed by atoms with Crippen LogP contribution >= 0.6 is 0 Å². The van der Waals surface area contributed by atoms with E-state index in [1.54, 1.807) is 25.3 Å². The predicted molar refractivity (Wildman–Crippen MR) is 112 cm³/mol. The van der Waals surface area contributed by atoms with Crippen molar-refractivity contribution < 1.29 is 23.8 Å². The molecule has 2 N–H and O–H groups in total. The van der Waals surface area contributed by atoms with Crippen LogP contribution in [-0.2, 0) is 11.3 Å². The molecule has 162 valence electrons. The summed E-state index contributed by atoms with van der Waals surface area (Å²) in [4.78, 5) is 14.4. The predicted octanol–water partition coefficient (Wildman–Crippen LogP) is 2.75. The van der Waals surface area contributed by atoms with Gasteiger partial charge in [0.15, 0.2) is 11.6 Å². The first kappa shape index (κ1) is 22.1. The van der Waals surface area contributed by atoms with E-state index in [1.807, 2.05) is 29.2 Å². The van der Waals surface area contributed by atoms with Crippen molar-refractivity contribution in [2.45, 2.75) is 31.4 Å². The molecule has 7 heteroatoms. The van der Waals surface area contributed by atoms with Crippen LogP contribution in [0.1, 0.15) is 24.8 Å². The van der Waals surface area contributed by atoms with E-state index in [1.165, 1.54) is 6.07 Å². The number of rotatable bonds is 8. The zero-order valence-corrected chi connectivity index (χ0v) is 17.3. The third-order valence-corrected chi connectivity index (χ3v) is 5.36. The average Bonchev–Trinajstić information content (AvgIpc) is 2.94. The number of methoxy groups -OCH3 is 1. The lowest BCUT2D eigenvalue weighted by atomic mass is 9.96. The van der Waals surface area contributed by atoms with Crippen LogP contribution < -0.4 is 14.8 Å². The Bertz CT molecular complexity index is 830. The summed E-state index contributed by atoms with van der Waals surface area (Å²) in [6, 6.07) is 13.7. The molecule has 30 heavy (non-hydrogen) atoms. The minimum absolute atomic E-state index is 0.0332. The van der Waals surface area contributed by atoms with Crippen LogP contribution in [0.5, 0.6) is 11.5 Å². The highest BCUT2D eigenvalue weighted by Crippen LogP contribution is 2.25. The highest BCUT2D eigenvalue weighted by atomic mass is 19.1. The number of aliphatic hydroxyl groups is 1. The molecule has 1 aliphatic heterocycles. The molecule has 1 amide bonds. The Morgan fingerprint density at radius 3 is 2.67 bits per heavy atom. The number of hydrogen-bond acceptors (Lipinski definition) is 5. The number of halogens is 1. The summed E-state index contributed by atoms with van der Waals surface area (Å²) in [6.45, 7) is 2.06. The molecule has 3 rings (SSSR count). The van der Waals surface area contributed by atoms with Crippen LogP contribution in [0.4, 0.5) is 4.39 Å². The largest absolute Gasteiger partial charge is 0.497 e. The number of carbonyl (C=O) groups excluding carboxylic acids is 1. The third-order valence-electron chi connectivity index (χ3n) is 5.36. The normalized spacial score (nSPS) is 19.7. The van der Waals surface area contributed by atoms with Gasteiger partial charge >= 0.3 is 0 Å². The van der Waals surface area contributed by atoms with E-state index in [2.05, 4.69) is 5.32 Å². The van der Waals surface area contributed by atoms with E-state index in [9.17, 15) is 14.3 Å². The van der Waals surface area contributed by atoms with Crippen molar-refractivity contribution in [3.63, 3.8) is 0 Å². The summed E-state index contributed by atoms with van der Waals surface area (Å²) in [6.07, 6.45) is 1.75. The molecule has 1 aliphatic rings. The van der Waals surface area contributed by atoms with Crippen LogP contribution in [-0.4, -0.2) is 54.9 Å². The van der Waals surface area contributed by atoms with Crippen LogP contribution in [0.3, 0.4) is 0 Å². The molecule has 0 spiro atoms. The molecule has 2 aromatic carbocycles. The second kappa shape index (κ2) is 10.4. The fourth-order valence-electron chi connectivity index (χ4n) is 3.51. The lowest BCUT2D eigenvalue weighted by Gasteiger charge is -2.27. The Kier molecular flexibility index (Phi) is 7.65. The fourth-order valence-corrected chi connectivity index (χ4v) is 3.51. The molecule has 1 fully saturated rings. The van der Waals surface area contributed by atoms with Gasteiger partial charge in [0, 0.05) is 13.1 Å². The van der Waals surface area contributed by atoms with E-state index in [-0.39, 0.29) is 24.8 Å². The topological polar surface area (TPSA) is 71.0 Å². The maximum absolute atomic E-state index is 13.7. The molecule has 0 aliphatic carbocycles. The Morgan fingerprint density at radius 1 is 1.17 bits per heavy atom. The zero-order valence-electron chi connectivity index (χ0n) is 17.3. The van der Waals surface area contributed by atoms with Crippen LogP contribution in [0.25, 0.3) is 0 Å². The number of ether oxygens (including phenoxy) is 2. The molecule has 0 aromatic heterocycles. The number of nitrogens with one attached hydrogen (secondary N) is 1. The van der Waals surface area contributed by atoms with Crippen LogP contribution in [0, 0.1) is 5.82 Å². The van der Waals surface area contributed by atoms with Gasteiger partial charge in [-0.15, -0.1) is 0 Å². The molecule has 1 saturated heterocycles. The Balaban J connectivity index is 1.43. The van der Waals surface area contributed by atoms with Crippen LogP contribution in [0.2, 0.25) is 0 Å². The molecular weight excluding hydrogens is 387 g/mol. The lowest BCUT2D eigenvalue weighted by molar-refractivity contribution is -0.122. The summed E-state index contributed by atoms with van der Waals surface area (Å²) in [5, 5.41) is 13.8. The van der Waals surface area contributed by atoms with Gasteiger partial charge in [-0.3, -0.25) is 9.69 Å². The summed E-state index contributed by atoms with van der Waals surface area (Å²) < 4.78 is 24.4. The Hall–Kier alpha value is -2.64. The van der Waals surface area contributed by atoms with E-state index < -0.39 is 11.4 Å². The van der Waals surface area contributed by atoms with Crippen LogP contribution in [0.15, 0.2) is 48.5 Å². The molecule has 6 nitrogen and oxygen atoms in total.